The summed E-state index contributed by atoms with van der Waals surface area (Å²) < 4.78 is 6.77. The van der Waals surface area contributed by atoms with Crippen molar-refractivity contribution in [3.05, 3.63) is 88.2 Å². The molecule has 0 radical (unpaired) electrons. The minimum Gasteiger partial charge on any atom is -0.497 e. The van der Waals surface area contributed by atoms with Crippen LogP contribution in [0.1, 0.15) is 11.1 Å². The van der Waals surface area contributed by atoms with Gasteiger partial charge in [-0.25, -0.2) is 4.98 Å². The molecule has 0 aliphatic rings. The van der Waals surface area contributed by atoms with Crippen LogP contribution in [0.4, 0.5) is 5.69 Å². The first-order chi connectivity index (χ1) is 15.5. The van der Waals surface area contributed by atoms with Crippen molar-refractivity contribution in [3.63, 3.8) is 0 Å². The minimum absolute atomic E-state index is 0.119. The fourth-order valence-corrected chi connectivity index (χ4v) is 4.25. The van der Waals surface area contributed by atoms with Crippen LogP contribution in [-0.2, 0) is 4.79 Å². The summed E-state index contributed by atoms with van der Waals surface area (Å²) in [6, 6.07) is 20.3. The summed E-state index contributed by atoms with van der Waals surface area (Å²) in [6.45, 7) is 3.97. The molecule has 0 saturated heterocycles. The second-order valence-electron chi connectivity index (χ2n) is 7.41. The van der Waals surface area contributed by atoms with E-state index in [2.05, 4.69) is 10.3 Å². The predicted octanol–water partition coefficient (Wildman–Crippen LogP) is 4.74. The maximum Gasteiger partial charge on any atom is 0.266 e. The number of fused-ring (bicyclic) bond motifs is 1. The van der Waals surface area contributed by atoms with Gasteiger partial charge in [0, 0.05) is 5.69 Å². The highest BCUT2D eigenvalue weighted by Crippen LogP contribution is 2.23. The number of ether oxygens (including phenoxy) is 1. The van der Waals surface area contributed by atoms with E-state index in [4.69, 9.17) is 4.74 Å². The summed E-state index contributed by atoms with van der Waals surface area (Å²) in [7, 11) is 1.59. The number of anilines is 1. The number of nitrogens with zero attached hydrogens (tertiary/aromatic N) is 2. The van der Waals surface area contributed by atoms with E-state index in [1.54, 1.807) is 43.5 Å². The topological polar surface area (TPSA) is 73.2 Å². The first-order valence-electron chi connectivity index (χ1n) is 10.1. The average molecular weight is 446 g/mol. The highest BCUT2D eigenvalue weighted by Gasteiger charge is 2.15. The van der Waals surface area contributed by atoms with Crippen LogP contribution < -0.4 is 15.6 Å². The molecule has 0 aliphatic carbocycles. The molecule has 0 aliphatic heterocycles. The van der Waals surface area contributed by atoms with Gasteiger partial charge in [-0.1, -0.05) is 41.6 Å². The lowest BCUT2D eigenvalue weighted by atomic mass is 10.1. The third-order valence-electron chi connectivity index (χ3n) is 5.06. The van der Waals surface area contributed by atoms with Gasteiger partial charge in [0.25, 0.3) is 5.56 Å². The van der Waals surface area contributed by atoms with Crippen molar-refractivity contribution in [3.8, 4) is 11.4 Å². The number of aryl methyl sites for hydroxylation is 2. The standard InChI is InChI=1S/C25H23N3O3S/c1-16-8-13-21(17(2)14-16)26-23(29)15-32-25-27-22-7-5-4-6-20(22)24(30)28(25)18-9-11-19(31-3)12-10-18/h4-14H,15H2,1-3H3,(H,26,29). The molecule has 0 spiro atoms. The Morgan fingerprint density at radius 1 is 1.06 bits per heavy atom. The molecule has 1 heterocycles. The zero-order chi connectivity index (χ0) is 22.7. The number of nitrogens with one attached hydrogen (secondary N) is 1. The SMILES string of the molecule is COc1ccc(-n2c(SCC(=O)Nc3ccc(C)cc3C)nc3ccccc3c2=O)cc1. The Morgan fingerprint density at radius 2 is 1.81 bits per heavy atom. The molecule has 4 rings (SSSR count). The fourth-order valence-electron chi connectivity index (χ4n) is 3.44. The van der Waals surface area contributed by atoms with Gasteiger partial charge in [-0.2, -0.15) is 0 Å². The van der Waals surface area contributed by atoms with E-state index >= 15 is 0 Å². The lowest BCUT2D eigenvalue weighted by Gasteiger charge is -2.14. The Hall–Kier alpha value is -3.58. The van der Waals surface area contributed by atoms with E-state index in [1.165, 1.54) is 16.3 Å². The molecule has 0 unspecified atom stereocenters. The van der Waals surface area contributed by atoms with Crippen molar-refractivity contribution in [1.82, 2.24) is 9.55 Å². The second kappa shape index (κ2) is 9.28. The molecule has 1 aromatic heterocycles. The molecular weight excluding hydrogens is 422 g/mol. The smallest absolute Gasteiger partial charge is 0.266 e. The van der Waals surface area contributed by atoms with E-state index in [1.807, 2.05) is 44.2 Å². The van der Waals surface area contributed by atoms with E-state index in [9.17, 15) is 9.59 Å². The van der Waals surface area contributed by atoms with E-state index in [0.717, 1.165) is 16.8 Å². The molecule has 162 valence electrons. The monoisotopic (exact) mass is 445 g/mol. The van der Waals surface area contributed by atoms with Crippen LogP contribution >= 0.6 is 11.8 Å². The molecule has 0 saturated carbocycles. The van der Waals surface area contributed by atoms with Crippen molar-refractivity contribution < 1.29 is 9.53 Å². The zero-order valence-electron chi connectivity index (χ0n) is 18.1. The van der Waals surface area contributed by atoms with E-state index in [0.29, 0.717) is 27.5 Å². The normalized spacial score (nSPS) is 10.8. The molecule has 0 bridgehead atoms. The van der Waals surface area contributed by atoms with Gasteiger partial charge in [0.15, 0.2) is 5.16 Å². The average Bonchev–Trinajstić information content (AvgIpc) is 2.80. The number of para-hydroxylation sites is 1. The van der Waals surface area contributed by atoms with Crippen molar-refractivity contribution in [2.24, 2.45) is 0 Å². The van der Waals surface area contributed by atoms with Crippen LogP contribution in [0, 0.1) is 13.8 Å². The van der Waals surface area contributed by atoms with Crippen LogP contribution in [0.3, 0.4) is 0 Å². The van der Waals surface area contributed by atoms with Gasteiger partial charge in [-0.05, 0) is 61.9 Å². The number of aromatic nitrogens is 2. The van der Waals surface area contributed by atoms with Crippen LogP contribution in [0.25, 0.3) is 16.6 Å². The molecule has 1 N–H and O–H groups in total. The summed E-state index contributed by atoms with van der Waals surface area (Å²) in [5.41, 5.74) is 3.99. The second-order valence-corrected chi connectivity index (χ2v) is 8.35. The van der Waals surface area contributed by atoms with E-state index < -0.39 is 0 Å². The molecule has 7 heteroatoms. The molecule has 0 fully saturated rings. The van der Waals surface area contributed by atoms with Crippen LogP contribution in [-0.4, -0.2) is 28.3 Å². The Labute approximate surface area is 190 Å². The van der Waals surface area contributed by atoms with Crippen molar-refractivity contribution in [2.75, 3.05) is 18.2 Å². The fraction of sp³-hybridized carbons (Fsp3) is 0.160. The molecule has 0 atom stereocenters. The molecule has 1 amide bonds. The zero-order valence-corrected chi connectivity index (χ0v) is 18.9. The lowest BCUT2D eigenvalue weighted by Crippen LogP contribution is -2.23. The maximum absolute atomic E-state index is 13.3. The van der Waals surface area contributed by atoms with Gasteiger partial charge in [0.2, 0.25) is 5.91 Å². The summed E-state index contributed by atoms with van der Waals surface area (Å²) >= 11 is 1.23. The van der Waals surface area contributed by atoms with Crippen molar-refractivity contribution in [1.29, 1.82) is 0 Å². The van der Waals surface area contributed by atoms with Gasteiger partial charge in [-0.3, -0.25) is 14.2 Å². The van der Waals surface area contributed by atoms with Crippen molar-refractivity contribution in [2.45, 2.75) is 19.0 Å². The van der Waals surface area contributed by atoms with Crippen LogP contribution in [0.5, 0.6) is 5.75 Å². The molecule has 4 aromatic rings. The summed E-state index contributed by atoms with van der Waals surface area (Å²) in [5.74, 6) is 0.650. The number of methoxy groups -OCH3 is 1. The van der Waals surface area contributed by atoms with Crippen LogP contribution in [0.15, 0.2) is 76.7 Å². The van der Waals surface area contributed by atoms with Gasteiger partial charge < -0.3 is 10.1 Å². The third-order valence-corrected chi connectivity index (χ3v) is 6.00. The number of benzene rings is 3. The minimum atomic E-state index is -0.182. The van der Waals surface area contributed by atoms with Crippen molar-refractivity contribution >= 4 is 34.3 Å². The Bertz CT molecular complexity index is 1350. The molecule has 6 nitrogen and oxygen atoms in total. The van der Waals surface area contributed by atoms with Crippen LogP contribution in [0.2, 0.25) is 0 Å². The number of carbonyl (C=O) groups excluding carboxylic acids is 1. The summed E-state index contributed by atoms with van der Waals surface area (Å²) in [4.78, 5) is 30.6. The summed E-state index contributed by atoms with van der Waals surface area (Å²) in [6.07, 6.45) is 0. The van der Waals surface area contributed by atoms with Gasteiger partial charge in [0.1, 0.15) is 5.75 Å². The number of thioether (sulfide) groups is 1. The van der Waals surface area contributed by atoms with Gasteiger partial charge in [0.05, 0.1) is 29.5 Å². The first-order valence-corrected chi connectivity index (χ1v) is 11.1. The predicted molar refractivity (Wildman–Crippen MR) is 129 cm³/mol. The first kappa shape index (κ1) is 21.6. The highest BCUT2D eigenvalue weighted by molar-refractivity contribution is 7.99. The molecule has 3 aromatic carbocycles. The van der Waals surface area contributed by atoms with E-state index in [-0.39, 0.29) is 17.2 Å². The Morgan fingerprint density at radius 3 is 2.53 bits per heavy atom. The Balaban J connectivity index is 1.66. The quantitative estimate of drug-likeness (QED) is 0.343. The molecule has 32 heavy (non-hydrogen) atoms. The van der Waals surface area contributed by atoms with Gasteiger partial charge >= 0.3 is 0 Å². The van der Waals surface area contributed by atoms with Gasteiger partial charge in [-0.15, -0.1) is 0 Å². The summed E-state index contributed by atoms with van der Waals surface area (Å²) in [5, 5.41) is 3.92. The maximum atomic E-state index is 13.3. The number of amides is 1. The number of hydrogen-bond acceptors (Lipinski definition) is 5. The molecular formula is C25H23N3O3S. The lowest BCUT2D eigenvalue weighted by molar-refractivity contribution is -0.113. The highest BCUT2D eigenvalue weighted by atomic mass is 32.2. The third kappa shape index (κ3) is 4.53. The number of rotatable bonds is 6. The number of hydrogen-bond donors (Lipinski definition) is 1. The Kier molecular flexibility index (Phi) is 6.28. The number of carbonyl (C=O) groups is 1. The largest absolute Gasteiger partial charge is 0.497 e.